The fraction of sp³-hybridized carbons (Fsp3) is 0.259. The molecule has 2 aromatic rings. The molecule has 2 atom stereocenters. The van der Waals surface area contributed by atoms with Crippen molar-refractivity contribution in [3.63, 3.8) is 0 Å². The molecular formula is C27H27N3O2. The van der Waals surface area contributed by atoms with Gasteiger partial charge in [-0.1, -0.05) is 54.6 Å². The molecule has 1 saturated carbocycles. The van der Waals surface area contributed by atoms with Gasteiger partial charge in [0.15, 0.2) is 0 Å². The molecule has 5 rings (SSSR count). The molecule has 5 nitrogen and oxygen atoms in total. The Bertz CT molecular complexity index is 1130. The van der Waals surface area contributed by atoms with E-state index in [9.17, 15) is 4.79 Å². The number of nitrogens with two attached hydrogens (primary N) is 1. The van der Waals surface area contributed by atoms with Crippen LogP contribution in [0.2, 0.25) is 0 Å². The van der Waals surface area contributed by atoms with Crippen LogP contribution in [0.5, 0.6) is 0 Å². The maximum atomic E-state index is 11.5. The topological polar surface area (TPSA) is 67.9 Å². The number of rotatable bonds is 5. The first-order chi connectivity index (χ1) is 15.6. The van der Waals surface area contributed by atoms with Crippen LogP contribution in [0, 0.1) is 0 Å². The molecule has 2 aromatic carbocycles. The summed E-state index contributed by atoms with van der Waals surface area (Å²) in [5, 5.41) is 0. The average molecular weight is 426 g/mol. The van der Waals surface area contributed by atoms with Gasteiger partial charge in [0, 0.05) is 17.8 Å². The number of fused-ring (bicyclic) bond motifs is 1. The highest BCUT2D eigenvalue weighted by molar-refractivity contribution is 5.98. The van der Waals surface area contributed by atoms with Gasteiger partial charge in [-0.05, 0) is 59.8 Å². The van der Waals surface area contributed by atoms with Crippen molar-refractivity contribution >= 4 is 11.8 Å². The molecule has 0 amide bonds. The molecule has 32 heavy (non-hydrogen) atoms. The third kappa shape index (κ3) is 3.69. The molecule has 0 spiro atoms. The molecule has 162 valence electrons. The van der Waals surface area contributed by atoms with Gasteiger partial charge >= 0.3 is 5.97 Å². The lowest BCUT2D eigenvalue weighted by molar-refractivity contribution is -0.134. The first-order valence-electron chi connectivity index (χ1n) is 11.0. The zero-order chi connectivity index (χ0) is 22.1. The Hall–Kier alpha value is -3.44. The molecule has 0 aromatic heterocycles. The smallest absolute Gasteiger partial charge is 0.330 e. The first kappa shape index (κ1) is 20.5. The van der Waals surface area contributed by atoms with Crippen LogP contribution in [-0.2, 0) is 15.1 Å². The van der Waals surface area contributed by atoms with Gasteiger partial charge in [0.05, 0.1) is 13.2 Å². The molecular weight excluding hydrogens is 398 g/mol. The summed E-state index contributed by atoms with van der Waals surface area (Å²) in [4.78, 5) is 18.8. The van der Waals surface area contributed by atoms with E-state index in [0.29, 0.717) is 0 Å². The Labute approximate surface area is 188 Å². The molecule has 2 aliphatic heterocycles. The molecule has 0 bridgehead atoms. The van der Waals surface area contributed by atoms with E-state index < -0.39 is 0 Å². The van der Waals surface area contributed by atoms with Crippen molar-refractivity contribution < 1.29 is 9.53 Å². The summed E-state index contributed by atoms with van der Waals surface area (Å²) in [6.45, 7) is 0. The van der Waals surface area contributed by atoms with Crippen molar-refractivity contribution in [2.75, 3.05) is 7.11 Å². The minimum atomic E-state index is -0.376. The van der Waals surface area contributed by atoms with Gasteiger partial charge in [-0.15, -0.1) is 0 Å². The van der Waals surface area contributed by atoms with Crippen LogP contribution in [0.15, 0.2) is 95.7 Å². The summed E-state index contributed by atoms with van der Waals surface area (Å²) >= 11 is 0. The number of carbonyl (C=O) groups excluding carboxylic acids is 1. The highest BCUT2D eigenvalue weighted by Crippen LogP contribution is 2.45. The number of nitrogens with zero attached hydrogens (tertiary/aromatic N) is 2. The molecule has 2 unspecified atom stereocenters. The largest absolute Gasteiger partial charge is 0.466 e. The Kier molecular flexibility index (Phi) is 5.27. The van der Waals surface area contributed by atoms with Gasteiger partial charge in [0.2, 0.25) is 0 Å². The van der Waals surface area contributed by atoms with E-state index in [2.05, 4.69) is 53.4 Å². The lowest BCUT2D eigenvalue weighted by Crippen LogP contribution is -2.43. The van der Waals surface area contributed by atoms with Gasteiger partial charge in [-0.25, -0.2) is 4.79 Å². The van der Waals surface area contributed by atoms with Crippen molar-refractivity contribution in [3.8, 4) is 0 Å². The Morgan fingerprint density at radius 2 is 1.88 bits per heavy atom. The summed E-state index contributed by atoms with van der Waals surface area (Å²) in [6, 6.07) is 19.2. The van der Waals surface area contributed by atoms with Gasteiger partial charge in [0.1, 0.15) is 11.9 Å². The van der Waals surface area contributed by atoms with E-state index in [4.69, 9.17) is 15.5 Å². The fourth-order valence-electron chi connectivity index (χ4n) is 4.66. The maximum absolute atomic E-state index is 11.5. The number of methoxy groups -OCH3 is 1. The average Bonchev–Trinajstić information content (AvgIpc) is 3.20. The summed E-state index contributed by atoms with van der Waals surface area (Å²) < 4.78 is 4.70. The Morgan fingerprint density at radius 1 is 1.12 bits per heavy atom. The molecule has 2 heterocycles. The summed E-state index contributed by atoms with van der Waals surface area (Å²) in [6.07, 6.45) is 12.5. The lowest BCUT2D eigenvalue weighted by atomic mass is 9.72. The van der Waals surface area contributed by atoms with E-state index in [0.717, 1.165) is 24.3 Å². The fourth-order valence-corrected chi connectivity index (χ4v) is 4.66. The monoisotopic (exact) mass is 425 g/mol. The first-order valence-corrected chi connectivity index (χ1v) is 11.0. The van der Waals surface area contributed by atoms with Crippen LogP contribution in [0.25, 0.3) is 0 Å². The van der Waals surface area contributed by atoms with E-state index in [1.54, 1.807) is 6.08 Å². The summed E-state index contributed by atoms with van der Waals surface area (Å²) in [5.41, 5.74) is 10.9. The normalized spacial score (nSPS) is 23.4. The van der Waals surface area contributed by atoms with E-state index in [-0.39, 0.29) is 23.6 Å². The predicted molar refractivity (Wildman–Crippen MR) is 126 cm³/mol. The van der Waals surface area contributed by atoms with Crippen LogP contribution in [0.3, 0.4) is 0 Å². The van der Waals surface area contributed by atoms with Crippen LogP contribution >= 0.6 is 0 Å². The van der Waals surface area contributed by atoms with E-state index in [1.807, 2.05) is 24.4 Å². The second-order valence-corrected chi connectivity index (χ2v) is 8.64. The van der Waals surface area contributed by atoms with Crippen molar-refractivity contribution in [2.45, 2.75) is 36.9 Å². The SMILES string of the molecule is COC(=O)/C=C/C1=CC2=NC(c3ccc(C4(N)CCC4)cc3)C(c3ccccc3)N2C=C1. The van der Waals surface area contributed by atoms with Crippen molar-refractivity contribution in [3.05, 3.63) is 107 Å². The van der Waals surface area contributed by atoms with Crippen LogP contribution in [0.1, 0.15) is 48.0 Å². The third-order valence-electron chi connectivity index (χ3n) is 6.69. The quantitative estimate of drug-likeness (QED) is 0.557. The standard InChI is InChI=1S/C27H27N3O2/c1-32-24(31)13-8-19-14-17-30-23(18-19)29-25(26(30)21-6-3-2-4-7-21)20-9-11-22(12-10-20)27(28)15-5-16-27/h2-4,6-14,17-18,25-26H,5,15-16,28H2,1H3/b13-8+. The predicted octanol–water partition coefficient (Wildman–Crippen LogP) is 4.70. The number of hydrogen-bond acceptors (Lipinski definition) is 5. The number of carbonyl (C=O) groups is 1. The lowest BCUT2D eigenvalue weighted by Gasteiger charge is -2.38. The minimum absolute atomic E-state index is 0.0404. The molecule has 0 radical (unpaired) electrons. The summed E-state index contributed by atoms with van der Waals surface area (Å²) in [5.74, 6) is 0.508. The Morgan fingerprint density at radius 3 is 2.53 bits per heavy atom. The highest BCUT2D eigenvalue weighted by atomic mass is 16.5. The third-order valence-corrected chi connectivity index (χ3v) is 6.69. The van der Waals surface area contributed by atoms with Crippen molar-refractivity contribution in [2.24, 2.45) is 10.7 Å². The number of hydrogen-bond donors (Lipinski definition) is 1. The number of aliphatic imine (C=N–C) groups is 1. The second-order valence-electron chi connectivity index (χ2n) is 8.64. The van der Waals surface area contributed by atoms with Gasteiger partial charge in [-0.2, -0.15) is 0 Å². The molecule has 1 fully saturated rings. The zero-order valence-corrected chi connectivity index (χ0v) is 18.1. The number of ether oxygens (including phenoxy) is 1. The maximum Gasteiger partial charge on any atom is 0.330 e. The van der Waals surface area contributed by atoms with E-state index >= 15 is 0 Å². The Balaban J connectivity index is 1.49. The number of benzene rings is 2. The van der Waals surface area contributed by atoms with E-state index in [1.165, 1.54) is 36.3 Å². The summed E-state index contributed by atoms with van der Waals surface area (Å²) in [7, 11) is 1.37. The number of esters is 1. The van der Waals surface area contributed by atoms with Gasteiger partial charge in [-0.3, -0.25) is 4.99 Å². The van der Waals surface area contributed by atoms with Gasteiger partial charge in [0.25, 0.3) is 0 Å². The van der Waals surface area contributed by atoms with Crippen LogP contribution in [0.4, 0.5) is 0 Å². The molecule has 0 saturated heterocycles. The van der Waals surface area contributed by atoms with Crippen LogP contribution < -0.4 is 5.73 Å². The minimum Gasteiger partial charge on any atom is -0.466 e. The van der Waals surface area contributed by atoms with Crippen LogP contribution in [-0.4, -0.2) is 23.8 Å². The zero-order valence-electron chi connectivity index (χ0n) is 18.1. The molecule has 5 heteroatoms. The van der Waals surface area contributed by atoms with Gasteiger partial charge < -0.3 is 15.4 Å². The van der Waals surface area contributed by atoms with Crippen molar-refractivity contribution in [1.82, 2.24) is 4.90 Å². The second kappa shape index (κ2) is 8.24. The molecule has 1 aliphatic carbocycles. The highest BCUT2D eigenvalue weighted by Gasteiger charge is 2.38. The number of amidine groups is 1. The molecule has 3 aliphatic rings. The number of allylic oxidation sites excluding steroid dienone is 3. The molecule has 2 N–H and O–H groups in total. The van der Waals surface area contributed by atoms with Crippen molar-refractivity contribution in [1.29, 1.82) is 0 Å².